The minimum atomic E-state index is -0.958. The molecular weight excluding hydrogens is 808 g/mol. The number of nitrogens with zero attached hydrogens (tertiary/aromatic N) is 2. The number of carbonyl (C=O) groups excluding carboxylic acids is 5. The second kappa shape index (κ2) is 19.3. The molecule has 2 fully saturated rings. The lowest BCUT2D eigenvalue weighted by atomic mass is 9.85. The molecule has 0 bridgehead atoms. The summed E-state index contributed by atoms with van der Waals surface area (Å²) in [6, 6.07) is 11.0. The summed E-state index contributed by atoms with van der Waals surface area (Å²) < 4.78 is 11.3. The average Bonchev–Trinajstić information content (AvgIpc) is 3.63. The lowest BCUT2D eigenvalue weighted by Gasteiger charge is -2.35. The molecule has 14 nitrogen and oxygen atoms in total. The number of β-amino-alcohol motifs (C(OH)–C–C–N with tert-alkyl or cyclic N) is 1. The van der Waals surface area contributed by atoms with E-state index in [-0.39, 0.29) is 50.6 Å². The minimum Gasteiger partial charge on any atom is -0.490 e. The van der Waals surface area contributed by atoms with Crippen molar-refractivity contribution in [1.82, 2.24) is 25.8 Å². The fourth-order valence-electron chi connectivity index (χ4n) is 7.28. The van der Waals surface area contributed by atoms with E-state index >= 15 is 0 Å². The lowest BCUT2D eigenvalue weighted by molar-refractivity contribution is -0.144. The van der Waals surface area contributed by atoms with Crippen molar-refractivity contribution in [1.29, 1.82) is 0 Å². The van der Waals surface area contributed by atoms with Crippen LogP contribution in [0.15, 0.2) is 48.0 Å². The first-order chi connectivity index (χ1) is 28.2. The zero-order valence-electron chi connectivity index (χ0n) is 35.6. The molecule has 1 aromatic heterocycles. The van der Waals surface area contributed by atoms with E-state index in [0.717, 1.165) is 40.1 Å². The predicted molar refractivity (Wildman–Crippen MR) is 230 cm³/mol. The quantitative estimate of drug-likeness (QED) is 0.109. The van der Waals surface area contributed by atoms with E-state index in [1.807, 2.05) is 63.5 Å². The first kappa shape index (κ1) is 46.3. The molecule has 2 aliphatic rings. The third-order valence-electron chi connectivity index (χ3n) is 10.6. The van der Waals surface area contributed by atoms with Crippen LogP contribution in [0, 0.1) is 12.3 Å². The van der Waals surface area contributed by atoms with E-state index < -0.39 is 58.7 Å². The van der Waals surface area contributed by atoms with E-state index in [0.29, 0.717) is 23.6 Å². The maximum atomic E-state index is 14.2. The molecule has 2 aromatic carbocycles. The van der Waals surface area contributed by atoms with Gasteiger partial charge in [0.2, 0.25) is 23.6 Å². The second-order valence-corrected chi connectivity index (χ2v) is 19.2. The number of primary amides is 1. The van der Waals surface area contributed by atoms with E-state index in [1.54, 1.807) is 44.2 Å². The smallest absolute Gasteiger partial charge is 0.407 e. The SMILES string of the molecule is Cc1ncsc1-c1ccc(C2(NC(=O)[C@@H]3C[C@@H](O)CN3C(=O)C(NC(=O)CCCc3cccc(OC[C@H](CCC(N)=O)NC(=O)OC(C)(C)C)c3Cl)C(C)(C)C)CC2)cc1. The van der Waals surface area contributed by atoms with Gasteiger partial charge in [-0.1, -0.05) is 68.8 Å². The number of benzene rings is 2. The number of halogens is 1. The Bertz CT molecular complexity index is 2020. The number of aromatic nitrogens is 1. The molecule has 5 amide bonds. The van der Waals surface area contributed by atoms with Crippen LogP contribution < -0.4 is 26.4 Å². The van der Waals surface area contributed by atoms with Crippen LogP contribution in [0.2, 0.25) is 5.02 Å². The van der Waals surface area contributed by atoms with Gasteiger partial charge in [-0.2, -0.15) is 0 Å². The van der Waals surface area contributed by atoms with Crippen molar-refractivity contribution in [3.8, 4) is 16.2 Å². The Kier molecular flexibility index (Phi) is 14.9. The van der Waals surface area contributed by atoms with Crippen molar-refractivity contribution >= 4 is 52.7 Å². The summed E-state index contributed by atoms with van der Waals surface area (Å²) in [7, 11) is 0. The third kappa shape index (κ3) is 12.4. The number of thiazole rings is 1. The van der Waals surface area contributed by atoms with Gasteiger partial charge in [0, 0.05) is 25.8 Å². The Morgan fingerprint density at radius 2 is 1.73 bits per heavy atom. The van der Waals surface area contributed by atoms with E-state index in [2.05, 4.69) is 20.9 Å². The van der Waals surface area contributed by atoms with Crippen LogP contribution in [-0.2, 0) is 35.9 Å². The van der Waals surface area contributed by atoms with Gasteiger partial charge in [-0.15, -0.1) is 11.3 Å². The zero-order valence-corrected chi connectivity index (χ0v) is 37.1. The third-order valence-corrected chi connectivity index (χ3v) is 12.0. The summed E-state index contributed by atoms with van der Waals surface area (Å²) >= 11 is 8.31. The number of hydrogen-bond acceptors (Lipinski definition) is 10. The number of nitrogens with one attached hydrogen (secondary N) is 3. The van der Waals surface area contributed by atoms with Crippen molar-refractivity contribution in [3.05, 3.63) is 69.8 Å². The van der Waals surface area contributed by atoms with Crippen molar-refractivity contribution in [3.63, 3.8) is 0 Å². The molecule has 6 N–H and O–H groups in total. The van der Waals surface area contributed by atoms with Crippen LogP contribution in [0.5, 0.6) is 5.75 Å². The molecule has 3 aromatic rings. The summed E-state index contributed by atoms with van der Waals surface area (Å²) in [5, 5.41) is 19.9. The predicted octanol–water partition coefficient (Wildman–Crippen LogP) is 5.93. The number of aliphatic hydroxyl groups is 1. The fraction of sp³-hybridized carbons (Fsp3) is 0.545. The Morgan fingerprint density at radius 1 is 1.03 bits per heavy atom. The summed E-state index contributed by atoms with van der Waals surface area (Å²) in [4.78, 5) is 72.3. The zero-order chi connectivity index (χ0) is 44.0. The van der Waals surface area contributed by atoms with Gasteiger partial charge in [-0.25, -0.2) is 9.78 Å². The number of likely N-dealkylation sites (tertiary alicyclic amines) is 1. The number of carbonyl (C=O) groups is 5. The van der Waals surface area contributed by atoms with Crippen LogP contribution in [0.1, 0.15) is 103 Å². The van der Waals surface area contributed by atoms with Gasteiger partial charge in [0.25, 0.3) is 0 Å². The molecule has 1 aliphatic heterocycles. The topological polar surface area (TPSA) is 202 Å². The highest BCUT2D eigenvalue weighted by atomic mass is 35.5. The molecule has 0 radical (unpaired) electrons. The number of alkyl carbamates (subject to hydrolysis) is 1. The number of amides is 5. The molecule has 5 rings (SSSR count). The van der Waals surface area contributed by atoms with Gasteiger partial charge in [-0.3, -0.25) is 19.2 Å². The summed E-state index contributed by atoms with van der Waals surface area (Å²) in [5.74, 6) is -1.25. The van der Waals surface area contributed by atoms with Crippen molar-refractivity contribution in [2.45, 2.75) is 135 Å². The Balaban J connectivity index is 1.17. The van der Waals surface area contributed by atoms with Gasteiger partial charge in [0.05, 0.1) is 38.8 Å². The number of ether oxygens (including phenoxy) is 2. The first-order valence-electron chi connectivity index (χ1n) is 20.4. The molecule has 1 aliphatic carbocycles. The maximum absolute atomic E-state index is 14.2. The van der Waals surface area contributed by atoms with Gasteiger partial charge in [-0.05, 0) is 88.0 Å². The van der Waals surface area contributed by atoms with E-state index in [9.17, 15) is 29.1 Å². The number of aliphatic hydroxyl groups excluding tert-OH is 1. The molecule has 60 heavy (non-hydrogen) atoms. The Hall–Kier alpha value is -4.73. The number of rotatable bonds is 17. The van der Waals surface area contributed by atoms with Crippen LogP contribution in [0.25, 0.3) is 10.4 Å². The molecule has 4 atom stereocenters. The molecule has 1 unspecified atom stereocenters. The summed E-state index contributed by atoms with van der Waals surface area (Å²) in [6.07, 6.45) is 1.26. The number of nitrogens with two attached hydrogens (primary N) is 1. The molecule has 0 spiro atoms. The molecule has 1 saturated carbocycles. The molecule has 1 saturated heterocycles. The van der Waals surface area contributed by atoms with E-state index in [4.69, 9.17) is 26.8 Å². The minimum absolute atomic E-state index is 0.000129. The highest BCUT2D eigenvalue weighted by Crippen LogP contribution is 2.46. The normalized spacial score (nSPS) is 18.2. The lowest BCUT2D eigenvalue weighted by Crippen LogP contribution is -2.58. The summed E-state index contributed by atoms with van der Waals surface area (Å²) in [6.45, 7) is 12.7. The van der Waals surface area contributed by atoms with Crippen molar-refractivity contribution in [2.75, 3.05) is 13.2 Å². The molecule has 16 heteroatoms. The highest BCUT2D eigenvalue weighted by Gasteiger charge is 2.50. The highest BCUT2D eigenvalue weighted by molar-refractivity contribution is 7.13. The molecule has 2 heterocycles. The average molecular weight is 868 g/mol. The van der Waals surface area contributed by atoms with E-state index in [1.165, 1.54) is 4.90 Å². The van der Waals surface area contributed by atoms with Crippen LogP contribution in [0.3, 0.4) is 0 Å². The van der Waals surface area contributed by atoms with Gasteiger partial charge in [0.1, 0.15) is 30.0 Å². The van der Waals surface area contributed by atoms with Crippen LogP contribution >= 0.6 is 22.9 Å². The van der Waals surface area contributed by atoms with Crippen LogP contribution in [0.4, 0.5) is 4.79 Å². The van der Waals surface area contributed by atoms with Gasteiger partial charge in [0.15, 0.2) is 0 Å². The first-order valence-corrected chi connectivity index (χ1v) is 21.7. The number of hydrogen-bond donors (Lipinski definition) is 5. The number of aryl methyl sites for hydroxylation is 2. The van der Waals surface area contributed by atoms with Crippen LogP contribution in [-0.4, -0.2) is 87.7 Å². The standard InChI is InChI=1S/C44H59ClN6O8S/c1-26-37(60-25-47-26)28-14-16-29(17-15-28)44(20-21-44)50-39(55)32-22-31(52)23-51(32)40(56)38(42(2,3)4)49-35(54)13-9-11-27-10-8-12-33(36(27)45)58-24-30(18-19-34(46)53)48-41(57)59-43(5,6)7/h8,10,12,14-17,25,30-32,38,52H,9,11,13,18-24H2,1-7H3,(H2,46,53)(H,48,57)(H,49,54)(H,50,55)/t30-,31+,32-,38?/m0/s1. The molecular formula is C44H59ClN6O8S. The maximum Gasteiger partial charge on any atom is 0.407 e. The second-order valence-electron chi connectivity index (χ2n) is 17.9. The largest absolute Gasteiger partial charge is 0.490 e. The van der Waals surface area contributed by atoms with Gasteiger partial charge >= 0.3 is 6.09 Å². The van der Waals surface area contributed by atoms with Crippen molar-refractivity contribution in [2.24, 2.45) is 11.1 Å². The summed E-state index contributed by atoms with van der Waals surface area (Å²) in [5.41, 5.74) is 8.94. The monoisotopic (exact) mass is 866 g/mol. The molecule has 326 valence electrons. The van der Waals surface area contributed by atoms with Crippen molar-refractivity contribution < 1.29 is 38.6 Å². The Labute approximate surface area is 361 Å². The Morgan fingerprint density at radius 3 is 2.33 bits per heavy atom. The fourth-order valence-corrected chi connectivity index (χ4v) is 8.37. The van der Waals surface area contributed by atoms with Gasteiger partial charge < -0.3 is 41.2 Å².